The molecule has 2 aromatic rings. The van der Waals surface area contributed by atoms with Crippen molar-refractivity contribution in [3.63, 3.8) is 0 Å². The van der Waals surface area contributed by atoms with E-state index in [9.17, 15) is 8.42 Å². The minimum absolute atomic E-state index is 0.232. The van der Waals surface area contributed by atoms with E-state index in [-0.39, 0.29) is 6.04 Å². The normalized spacial score (nSPS) is 18.5. The molecule has 142 valence electrons. The molecule has 1 aliphatic rings. The first-order valence-corrected chi connectivity index (χ1v) is 10.8. The van der Waals surface area contributed by atoms with Crippen molar-refractivity contribution in [1.29, 1.82) is 0 Å². The summed E-state index contributed by atoms with van der Waals surface area (Å²) in [5.74, 6) is 1.45. The van der Waals surface area contributed by atoms with Gasteiger partial charge in [-0.1, -0.05) is 30.3 Å². The Morgan fingerprint density at radius 1 is 1.23 bits per heavy atom. The molecule has 1 aromatic carbocycles. The first kappa shape index (κ1) is 19.0. The van der Waals surface area contributed by atoms with Crippen molar-refractivity contribution in [2.24, 2.45) is 0 Å². The number of rotatable bonds is 8. The fourth-order valence-corrected chi connectivity index (χ4v) is 4.51. The van der Waals surface area contributed by atoms with Gasteiger partial charge in [-0.05, 0) is 24.8 Å². The number of sulfonamides is 1. The average Bonchev–Trinajstić information content (AvgIpc) is 3.25. The maximum absolute atomic E-state index is 12.1. The molecule has 1 fully saturated rings. The predicted octanol–water partition coefficient (Wildman–Crippen LogP) is 1.81. The zero-order chi connectivity index (χ0) is 18.6. The van der Waals surface area contributed by atoms with E-state index in [4.69, 9.17) is 4.74 Å². The van der Waals surface area contributed by atoms with Gasteiger partial charge >= 0.3 is 0 Å². The van der Waals surface area contributed by atoms with Crippen LogP contribution in [0.3, 0.4) is 0 Å². The molecule has 7 nitrogen and oxygen atoms in total. The Morgan fingerprint density at radius 3 is 2.69 bits per heavy atom. The maximum Gasteiger partial charge on any atom is 0.211 e. The van der Waals surface area contributed by atoms with E-state index in [0.29, 0.717) is 31.9 Å². The number of nitrogens with zero attached hydrogens (tertiary/aromatic N) is 4. The van der Waals surface area contributed by atoms with Crippen molar-refractivity contribution in [2.45, 2.75) is 38.3 Å². The monoisotopic (exact) mass is 378 g/mol. The molecule has 0 bridgehead atoms. The lowest BCUT2D eigenvalue weighted by molar-refractivity contribution is 0.200. The molecule has 1 aliphatic heterocycles. The second kappa shape index (κ2) is 8.28. The van der Waals surface area contributed by atoms with Crippen LogP contribution in [0.15, 0.2) is 30.3 Å². The summed E-state index contributed by atoms with van der Waals surface area (Å²) in [4.78, 5) is 4.67. The molecular weight excluding hydrogens is 352 g/mol. The zero-order valence-electron chi connectivity index (χ0n) is 15.3. The second-order valence-corrected chi connectivity index (χ2v) is 8.55. The van der Waals surface area contributed by atoms with Gasteiger partial charge in [0.2, 0.25) is 10.0 Å². The quantitative estimate of drug-likeness (QED) is 0.700. The van der Waals surface area contributed by atoms with Gasteiger partial charge < -0.3 is 4.74 Å². The van der Waals surface area contributed by atoms with Gasteiger partial charge in [0, 0.05) is 26.6 Å². The summed E-state index contributed by atoms with van der Waals surface area (Å²) in [7, 11) is -1.62. The highest BCUT2D eigenvalue weighted by Crippen LogP contribution is 2.33. The van der Waals surface area contributed by atoms with E-state index in [0.717, 1.165) is 25.1 Å². The van der Waals surface area contributed by atoms with Crippen molar-refractivity contribution >= 4 is 10.0 Å². The summed E-state index contributed by atoms with van der Waals surface area (Å²) in [5, 5.41) is 4.63. The van der Waals surface area contributed by atoms with Gasteiger partial charge in [-0.15, -0.1) is 0 Å². The Balaban J connectivity index is 1.85. The summed E-state index contributed by atoms with van der Waals surface area (Å²) in [6.07, 6.45) is 4.33. The van der Waals surface area contributed by atoms with Crippen LogP contribution < -0.4 is 0 Å². The van der Waals surface area contributed by atoms with Crippen LogP contribution in [-0.4, -0.2) is 54.0 Å². The Labute approximate surface area is 155 Å². The number of aromatic nitrogens is 3. The molecule has 0 amide bonds. The Morgan fingerprint density at radius 2 is 2.00 bits per heavy atom. The minimum atomic E-state index is -3.26. The van der Waals surface area contributed by atoms with E-state index in [2.05, 4.69) is 22.2 Å². The zero-order valence-corrected chi connectivity index (χ0v) is 16.2. The van der Waals surface area contributed by atoms with Crippen LogP contribution in [0.4, 0.5) is 0 Å². The molecule has 3 rings (SSSR count). The number of aryl methyl sites for hydroxylation is 2. The summed E-state index contributed by atoms with van der Waals surface area (Å²) in [5.41, 5.74) is 1.22. The van der Waals surface area contributed by atoms with Crippen LogP contribution in [0.2, 0.25) is 0 Å². The molecule has 1 saturated heterocycles. The molecule has 8 heteroatoms. The van der Waals surface area contributed by atoms with Crippen molar-refractivity contribution < 1.29 is 13.2 Å². The van der Waals surface area contributed by atoms with E-state index in [1.165, 1.54) is 11.8 Å². The predicted molar refractivity (Wildman–Crippen MR) is 99.3 cm³/mol. The standard InChI is InChI=1S/C18H26N4O3S/c1-25-14-11-17-19-18(16-9-6-12-22(16)26(2,23)24)21(20-17)13-10-15-7-4-3-5-8-15/h3-5,7-8,16H,6,9-14H2,1-2H3/t16-/m0/s1. The maximum atomic E-state index is 12.1. The molecule has 0 radical (unpaired) electrons. The molecular formula is C18H26N4O3S. The molecule has 1 aromatic heterocycles. The number of benzene rings is 1. The Bertz CT molecular complexity index is 820. The van der Waals surface area contributed by atoms with Crippen LogP contribution in [-0.2, 0) is 34.1 Å². The van der Waals surface area contributed by atoms with Gasteiger partial charge in [-0.25, -0.2) is 18.1 Å². The van der Waals surface area contributed by atoms with E-state index in [1.54, 1.807) is 11.4 Å². The fourth-order valence-electron chi connectivity index (χ4n) is 3.39. The van der Waals surface area contributed by atoms with Crippen LogP contribution >= 0.6 is 0 Å². The summed E-state index contributed by atoms with van der Waals surface area (Å²) in [6.45, 7) is 1.76. The van der Waals surface area contributed by atoms with Gasteiger partial charge in [0.05, 0.1) is 18.9 Å². The first-order chi connectivity index (χ1) is 12.5. The lowest BCUT2D eigenvalue weighted by atomic mass is 10.1. The highest BCUT2D eigenvalue weighted by Gasteiger charge is 2.36. The number of hydrogen-bond donors (Lipinski definition) is 0. The van der Waals surface area contributed by atoms with Crippen molar-refractivity contribution in [1.82, 2.24) is 19.1 Å². The van der Waals surface area contributed by atoms with Crippen LogP contribution in [0, 0.1) is 0 Å². The second-order valence-electron chi connectivity index (χ2n) is 6.62. The lowest BCUT2D eigenvalue weighted by Crippen LogP contribution is -2.31. The largest absolute Gasteiger partial charge is 0.384 e. The van der Waals surface area contributed by atoms with E-state index < -0.39 is 10.0 Å². The third-order valence-electron chi connectivity index (χ3n) is 4.66. The molecule has 0 spiro atoms. The van der Waals surface area contributed by atoms with E-state index in [1.807, 2.05) is 22.9 Å². The van der Waals surface area contributed by atoms with Gasteiger partial charge in [0.15, 0.2) is 5.82 Å². The molecule has 0 N–H and O–H groups in total. The fraction of sp³-hybridized carbons (Fsp3) is 0.556. The van der Waals surface area contributed by atoms with Crippen LogP contribution in [0.25, 0.3) is 0 Å². The molecule has 0 unspecified atom stereocenters. The van der Waals surface area contributed by atoms with Crippen LogP contribution in [0.5, 0.6) is 0 Å². The summed E-state index contributed by atoms with van der Waals surface area (Å²) in [6, 6.07) is 9.97. The van der Waals surface area contributed by atoms with E-state index >= 15 is 0 Å². The molecule has 26 heavy (non-hydrogen) atoms. The van der Waals surface area contributed by atoms with Crippen molar-refractivity contribution in [3.05, 3.63) is 47.5 Å². The summed E-state index contributed by atoms with van der Waals surface area (Å²) >= 11 is 0. The van der Waals surface area contributed by atoms with Gasteiger partial charge in [0.25, 0.3) is 0 Å². The smallest absolute Gasteiger partial charge is 0.211 e. The molecule has 0 saturated carbocycles. The number of hydrogen-bond acceptors (Lipinski definition) is 5. The topological polar surface area (TPSA) is 77.3 Å². The summed E-state index contributed by atoms with van der Waals surface area (Å²) < 4.78 is 32.8. The SMILES string of the molecule is COCCc1nc([C@@H]2CCCN2S(C)(=O)=O)n(CCc2ccccc2)n1. The van der Waals surface area contributed by atoms with Crippen molar-refractivity contribution in [2.75, 3.05) is 26.5 Å². The van der Waals surface area contributed by atoms with Crippen LogP contribution in [0.1, 0.15) is 36.1 Å². The molecule has 1 atom stereocenters. The van der Waals surface area contributed by atoms with Gasteiger partial charge in [0.1, 0.15) is 5.82 Å². The third kappa shape index (κ3) is 4.49. The molecule has 2 heterocycles. The Hall–Kier alpha value is -1.77. The van der Waals surface area contributed by atoms with Gasteiger partial charge in [-0.3, -0.25) is 0 Å². The average molecular weight is 378 g/mol. The molecule has 0 aliphatic carbocycles. The number of methoxy groups -OCH3 is 1. The first-order valence-electron chi connectivity index (χ1n) is 8.92. The van der Waals surface area contributed by atoms with Crippen molar-refractivity contribution in [3.8, 4) is 0 Å². The Kier molecular flexibility index (Phi) is 6.05. The lowest BCUT2D eigenvalue weighted by Gasteiger charge is -2.21. The highest BCUT2D eigenvalue weighted by molar-refractivity contribution is 7.88. The highest BCUT2D eigenvalue weighted by atomic mass is 32.2. The number of ether oxygens (including phenoxy) is 1. The third-order valence-corrected chi connectivity index (χ3v) is 5.95. The minimum Gasteiger partial charge on any atom is -0.384 e. The van der Waals surface area contributed by atoms with Gasteiger partial charge in [-0.2, -0.15) is 9.40 Å².